The van der Waals surface area contributed by atoms with Crippen LogP contribution in [-0.2, 0) is 0 Å². The van der Waals surface area contributed by atoms with Crippen LogP contribution in [-0.4, -0.2) is 9.77 Å². The lowest BCUT2D eigenvalue weighted by atomic mass is 10.0. The molecule has 0 radical (unpaired) electrons. The molecule has 2 aromatic heterocycles. The number of nitrogens with one attached hydrogen (secondary N) is 1. The minimum Gasteiger partial charge on any atom is -0.354 e. The van der Waals surface area contributed by atoms with Crippen LogP contribution in [0.5, 0.6) is 0 Å². The standard InChI is InChI=1S/C22H13FN2/c23-25-18-8-4-3-7-15(18)21-19(25)12-11-17-22(21)20-14-6-2-1-5-13(14)9-10-16(20)24-17/h1-12,24H. The van der Waals surface area contributed by atoms with E-state index < -0.39 is 0 Å². The van der Waals surface area contributed by atoms with Crippen LogP contribution in [0.1, 0.15) is 0 Å². The zero-order valence-electron chi connectivity index (χ0n) is 13.3. The van der Waals surface area contributed by atoms with Crippen molar-refractivity contribution in [1.82, 2.24) is 9.77 Å². The second kappa shape index (κ2) is 4.39. The summed E-state index contributed by atoms with van der Waals surface area (Å²) in [5.74, 6) is 0. The molecule has 118 valence electrons. The molecular weight excluding hydrogens is 311 g/mol. The van der Waals surface area contributed by atoms with Crippen LogP contribution >= 0.6 is 0 Å². The molecule has 1 N–H and O–H groups in total. The van der Waals surface area contributed by atoms with Crippen molar-refractivity contribution < 1.29 is 4.48 Å². The van der Waals surface area contributed by atoms with Crippen LogP contribution in [0, 0.1) is 0 Å². The van der Waals surface area contributed by atoms with Crippen molar-refractivity contribution in [3.63, 3.8) is 0 Å². The predicted octanol–water partition coefficient (Wildman–Crippen LogP) is 6.31. The number of halogens is 1. The summed E-state index contributed by atoms with van der Waals surface area (Å²) in [5.41, 5.74) is 3.34. The van der Waals surface area contributed by atoms with Gasteiger partial charge in [-0.2, -0.15) is 4.79 Å². The quantitative estimate of drug-likeness (QED) is 0.338. The predicted molar refractivity (Wildman–Crippen MR) is 103 cm³/mol. The fraction of sp³-hybridized carbons (Fsp3) is 0. The SMILES string of the molecule is Fn1c2ccccc2c2c3c(ccc21)[nH]c1ccc2ccccc2c13. The van der Waals surface area contributed by atoms with Gasteiger partial charge in [-0.15, -0.1) is 0 Å². The van der Waals surface area contributed by atoms with E-state index in [9.17, 15) is 4.48 Å². The molecule has 2 nitrogen and oxygen atoms in total. The Bertz CT molecular complexity index is 1450. The average Bonchev–Trinajstić information content (AvgIpc) is 3.18. The third-order valence-electron chi connectivity index (χ3n) is 5.23. The molecule has 0 aliphatic carbocycles. The first-order valence-corrected chi connectivity index (χ1v) is 8.34. The van der Waals surface area contributed by atoms with Gasteiger partial charge in [-0.25, -0.2) is 0 Å². The van der Waals surface area contributed by atoms with Gasteiger partial charge in [-0.3, -0.25) is 0 Å². The van der Waals surface area contributed by atoms with Crippen molar-refractivity contribution in [3.8, 4) is 0 Å². The number of aromatic amines is 1. The van der Waals surface area contributed by atoms with E-state index in [1.54, 1.807) is 0 Å². The minimum atomic E-state index is 0.611. The Labute approximate surface area is 142 Å². The Kier molecular flexibility index (Phi) is 2.29. The van der Waals surface area contributed by atoms with Crippen LogP contribution in [0.4, 0.5) is 4.48 Å². The van der Waals surface area contributed by atoms with E-state index in [0.29, 0.717) is 11.0 Å². The molecule has 0 atom stereocenters. The topological polar surface area (TPSA) is 20.7 Å². The summed E-state index contributed by atoms with van der Waals surface area (Å²) < 4.78 is 14.9. The van der Waals surface area contributed by atoms with E-state index in [2.05, 4.69) is 35.3 Å². The Morgan fingerprint density at radius 3 is 2.24 bits per heavy atom. The molecule has 0 spiro atoms. The van der Waals surface area contributed by atoms with E-state index >= 15 is 0 Å². The van der Waals surface area contributed by atoms with Crippen LogP contribution in [0.2, 0.25) is 0 Å². The van der Waals surface area contributed by atoms with Crippen LogP contribution < -0.4 is 0 Å². The normalized spacial score (nSPS) is 12.2. The van der Waals surface area contributed by atoms with Crippen molar-refractivity contribution in [2.75, 3.05) is 0 Å². The van der Waals surface area contributed by atoms with Crippen molar-refractivity contribution in [2.24, 2.45) is 0 Å². The van der Waals surface area contributed by atoms with Gasteiger partial charge < -0.3 is 4.98 Å². The molecule has 3 heteroatoms. The lowest BCUT2D eigenvalue weighted by Gasteiger charge is -2.01. The van der Waals surface area contributed by atoms with Crippen molar-refractivity contribution in [3.05, 3.63) is 72.8 Å². The summed E-state index contributed by atoms with van der Waals surface area (Å²) in [6.45, 7) is 0. The smallest absolute Gasteiger partial charge is 0.0834 e. The lowest BCUT2D eigenvalue weighted by molar-refractivity contribution is 0.405. The highest BCUT2D eigenvalue weighted by atomic mass is 19.2. The molecule has 0 saturated heterocycles. The number of benzene rings is 4. The van der Waals surface area contributed by atoms with Crippen LogP contribution in [0.25, 0.3) is 54.4 Å². The van der Waals surface area contributed by atoms with Gasteiger partial charge >= 0.3 is 0 Å². The van der Waals surface area contributed by atoms with E-state index in [1.807, 2.05) is 42.5 Å². The van der Waals surface area contributed by atoms with Gasteiger partial charge in [0.2, 0.25) is 0 Å². The van der Waals surface area contributed by atoms with E-state index in [4.69, 9.17) is 0 Å². The van der Waals surface area contributed by atoms with Gasteiger partial charge in [0.15, 0.2) is 0 Å². The lowest BCUT2D eigenvalue weighted by Crippen LogP contribution is -1.80. The molecule has 4 aromatic carbocycles. The number of nitrogens with zero attached hydrogens (tertiary/aromatic N) is 1. The van der Waals surface area contributed by atoms with Gasteiger partial charge in [-0.05, 0) is 35.0 Å². The summed E-state index contributed by atoms with van der Waals surface area (Å²) in [4.78, 5) is 4.30. The Hall–Kier alpha value is -3.33. The summed E-state index contributed by atoms with van der Waals surface area (Å²) in [6.07, 6.45) is 0. The van der Waals surface area contributed by atoms with Gasteiger partial charge in [0.25, 0.3) is 0 Å². The number of hydrogen-bond acceptors (Lipinski definition) is 0. The maximum absolute atomic E-state index is 14.9. The zero-order chi connectivity index (χ0) is 16.5. The summed E-state index contributed by atoms with van der Waals surface area (Å²) >= 11 is 0. The van der Waals surface area contributed by atoms with E-state index in [1.165, 1.54) is 10.8 Å². The van der Waals surface area contributed by atoms with Crippen molar-refractivity contribution in [1.29, 1.82) is 0 Å². The molecule has 0 fully saturated rings. The number of hydrogen-bond donors (Lipinski definition) is 1. The summed E-state index contributed by atoms with van der Waals surface area (Å²) in [7, 11) is 0. The van der Waals surface area contributed by atoms with Gasteiger partial charge in [0.1, 0.15) is 0 Å². The second-order valence-electron chi connectivity index (χ2n) is 6.51. The molecule has 0 aliphatic rings. The third-order valence-corrected chi connectivity index (χ3v) is 5.23. The van der Waals surface area contributed by atoms with Gasteiger partial charge in [-0.1, -0.05) is 53.0 Å². The fourth-order valence-electron chi connectivity index (χ4n) is 4.17. The molecule has 2 heterocycles. The highest BCUT2D eigenvalue weighted by Gasteiger charge is 2.17. The number of fused-ring (bicyclic) bond motifs is 9. The highest BCUT2D eigenvalue weighted by molar-refractivity contribution is 6.32. The molecule has 25 heavy (non-hydrogen) atoms. The molecule has 0 saturated carbocycles. The first-order valence-electron chi connectivity index (χ1n) is 8.34. The fourth-order valence-corrected chi connectivity index (χ4v) is 4.17. The number of rotatable bonds is 0. The maximum Gasteiger partial charge on any atom is 0.0834 e. The van der Waals surface area contributed by atoms with Crippen LogP contribution in [0.3, 0.4) is 0 Å². The Balaban J connectivity index is 2.02. The van der Waals surface area contributed by atoms with Crippen molar-refractivity contribution in [2.45, 2.75) is 0 Å². The van der Waals surface area contributed by atoms with Gasteiger partial charge in [0.05, 0.1) is 11.0 Å². The molecule has 0 bridgehead atoms. The highest BCUT2D eigenvalue weighted by Crippen LogP contribution is 2.40. The number of aromatic nitrogens is 2. The third kappa shape index (κ3) is 1.53. The Morgan fingerprint density at radius 2 is 1.32 bits per heavy atom. The Morgan fingerprint density at radius 1 is 0.600 bits per heavy atom. The van der Waals surface area contributed by atoms with E-state index in [-0.39, 0.29) is 0 Å². The largest absolute Gasteiger partial charge is 0.354 e. The minimum absolute atomic E-state index is 0.611. The first kappa shape index (κ1) is 13.0. The first-order chi connectivity index (χ1) is 12.3. The molecular formula is C22H13FN2. The number of H-pyrrole nitrogens is 1. The molecule has 0 unspecified atom stereocenters. The number of para-hydroxylation sites is 1. The van der Waals surface area contributed by atoms with E-state index in [0.717, 1.165) is 37.4 Å². The summed E-state index contributed by atoms with van der Waals surface area (Å²) in [5, 5.41) is 6.55. The average molecular weight is 324 g/mol. The van der Waals surface area contributed by atoms with Gasteiger partial charge in [0, 0.05) is 32.6 Å². The molecule has 6 aromatic rings. The maximum atomic E-state index is 14.9. The van der Waals surface area contributed by atoms with Crippen LogP contribution in [0.15, 0.2) is 72.8 Å². The molecule has 0 amide bonds. The second-order valence-corrected chi connectivity index (χ2v) is 6.51. The monoisotopic (exact) mass is 324 g/mol. The molecule has 0 aliphatic heterocycles. The van der Waals surface area contributed by atoms with Crippen molar-refractivity contribution >= 4 is 54.4 Å². The zero-order valence-corrected chi connectivity index (χ0v) is 13.3. The molecule has 6 rings (SSSR count). The summed E-state index contributed by atoms with van der Waals surface area (Å²) in [6, 6.07) is 24.1.